The van der Waals surface area contributed by atoms with Gasteiger partial charge < -0.3 is 10.2 Å². The zero-order chi connectivity index (χ0) is 13.2. The summed E-state index contributed by atoms with van der Waals surface area (Å²) in [6.07, 6.45) is 5.73. The summed E-state index contributed by atoms with van der Waals surface area (Å²) in [5, 5.41) is 7.66. The summed E-state index contributed by atoms with van der Waals surface area (Å²) in [5.41, 5.74) is 3.28. The van der Waals surface area contributed by atoms with E-state index in [1.54, 1.807) is 4.68 Å². The second-order valence-electron chi connectivity index (χ2n) is 5.10. The van der Waals surface area contributed by atoms with Gasteiger partial charge in [0.1, 0.15) is 0 Å². The molecular formula is C14H19N5. The van der Waals surface area contributed by atoms with Gasteiger partial charge in [-0.3, -0.25) is 9.67 Å². The summed E-state index contributed by atoms with van der Waals surface area (Å²) in [4.78, 5) is 6.85. The minimum absolute atomic E-state index is 0.531. The first-order valence-electron chi connectivity index (χ1n) is 6.66. The van der Waals surface area contributed by atoms with Crippen LogP contribution in [0.1, 0.15) is 6.92 Å². The van der Waals surface area contributed by atoms with Crippen LogP contribution in [0.2, 0.25) is 0 Å². The van der Waals surface area contributed by atoms with E-state index in [0.29, 0.717) is 6.04 Å². The molecule has 0 amide bonds. The van der Waals surface area contributed by atoms with E-state index in [0.717, 1.165) is 30.9 Å². The fourth-order valence-electron chi connectivity index (χ4n) is 2.49. The van der Waals surface area contributed by atoms with Gasteiger partial charge in [-0.15, -0.1) is 0 Å². The summed E-state index contributed by atoms with van der Waals surface area (Å²) in [6.45, 7) is 5.33. The van der Waals surface area contributed by atoms with Gasteiger partial charge in [0.2, 0.25) is 0 Å². The summed E-state index contributed by atoms with van der Waals surface area (Å²) in [7, 11) is 1.92. The monoisotopic (exact) mass is 257 g/mol. The van der Waals surface area contributed by atoms with Gasteiger partial charge in [-0.25, -0.2) is 0 Å². The number of piperazine rings is 1. The lowest BCUT2D eigenvalue weighted by Gasteiger charge is -2.33. The van der Waals surface area contributed by atoms with Crippen molar-refractivity contribution in [2.24, 2.45) is 7.05 Å². The van der Waals surface area contributed by atoms with Crippen LogP contribution in [0, 0.1) is 0 Å². The van der Waals surface area contributed by atoms with Crippen LogP contribution in [-0.2, 0) is 7.05 Å². The van der Waals surface area contributed by atoms with Crippen molar-refractivity contribution in [1.29, 1.82) is 0 Å². The van der Waals surface area contributed by atoms with E-state index in [2.05, 4.69) is 39.4 Å². The van der Waals surface area contributed by atoms with Gasteiger partial charge in [0.15, 0.2) is 0 Å². The Morgan fingerprint density at radius 2 is 2.32 bits per heavy atom. The Balaban J connectivity index is 1.87. The number of anilines is 1. The Labute approximate surface area is 113 Å². The molecule has 19 heavy (non-hydrogen) atoms. The minimum atomic E-state index is 0.531. The molecule has 1 aliphatic rings. The van der Waals surface area contributed by atoms with Crippen molar-refractivity contribution in [2.75, 3.05) is 24.5 Å². The lowest BCUT2D eigenvalue weighted by Crippen LogP contribution is -2.49. The van der Waals surface area contributed by atoms with Crippen LogP contribution in [0.15, 0.2) is 30.7 Å². The molecule has 3 rings (SSSR count). The number of aryl methyl sites for hydroxylation is 1. The van der Waals surface area contributed by atoms with E-state index >= 15 is 0 Å². The van der Waals surface area contributed by atoms with Crippen LogP contribution in [0.5, 0.6) is 0 Å². The Morgan fingerprint density at radius 3 is 3.05 bits per heavy atom. The van der Waals surface area contributed by atoms with Crippen LogP contribution < -0.4 is 10.2 Å². The fraction of sp³-hybridized carbons (Fsp3) is 0.429. The molecule has 1 aliphatic heterocycles. The largest absolute Gasteiger partial charge is 0.369 e. The zero-order valence-corrected chi connectivity index (χ0v) is 11.4. The first-order valence-corrected chi connectivity index (χ1v) is 6.66. The summed E-state index contributed by atoms with van der Waals surface area (Å²) < 4.78 is 1.80. The highest BCUT2D eigenvalue weighted by Crippen LogP contribution is 2.22. The molecule has 3 heterocycles. The van der Waals surface area contributed by atoms with Crippen LogP contribution in [0.3, 0.4) is 0 Å². The SMILES string of the molecule is C[C@@H]1CN(c2ccnc(-c3cnn(C)c3)c2)CCN1. The minimum Gasteiger partial charge on any atom is -0.369 e. The Bertz CT molecular complexity index is 562. The number of rotatable bonds is 2. The molecule has 0 aliphatic carbocycles. The van der Waals surface area contributed by atoms with Gasteiger partial charge >= 0.3 is 0 Å². The van der Waals surface area contributed by atoms with Crippen LogP contribution in [-0.4, -0.2) is 40.4 Å². The van der Waals surface area contributed by atoms with Gasteiger partial charge in [0.25, 0.3) is 0 Å². The highest BCUT2D eigenvalue weighted by Gasteiger charge is 2.16. The highest BCUT2D eigenvalue weighted by molar-refractivity contribution is 5.63. The van der Waals surface area contributed by atoms with Crippen LogP contribution in [0.25, 0.3) is 11.3 Å². The van der Waals surface area contributed by atoms with E-state index < -0.39 is 0 Å². The van der Waals surface area contributed by atoms with Crippen molar-refractivity contribution in [3.05, 3.63) is 30.7 Å². The van der Waals surface area contributed by atoms with Crippen molar-refractivity contribution in [2.45, 2.75) is 13.0 Å². The molecule has 0 radical (unpaired) electrons. The predicted molar refractivity (Wildman–Crippen MR) is 76.1 cm³/mol. The van der Waals surface area contributed by atoms with E-state index in [-0.39, 0.29) is 0 Å². The average molecular weight is 257 g/mol. The van der Waals surface area contributed by atoms with E-state index in [1.807, 2.05) is 25.6 Å². The maximum Gasteiger partial charge on any atom is 0.0754 e. The number of hydrogen-bond donors (Lipinski definition) is 1. The van der Waals surface area contributed by atoms with Crippen molar-refractivity contribution < 1.29 is 0 Å². The van der Waals surface area contributed by atoms with Gasteiger partial charge in [0, 0.05) is 56.4 Å². The number of pyridine rings is 1. The average Bonchev–Trinajstić information content (AvgIpc) is 2.86. The summed E-state index contributed by atoms with van der Waals surface area (Å²) >= 11 is 0. The molecule has 1 atom stereocenters. The normalized spacial score (nSPS) is 19.7. The van der Waals surface area contributed by atoms with Crippen LogP contribution >= 0.6 is 0 Å². The van der Waals surface area contributed by atoms with Gasteiger partial charge in [-0.1, -0.05) is 0 Å². The molecule has 1 fully saturated rings. The van der Waals surface area contributed by atoms with Gasteiger partial charge in [0.05, 0.1) is 11.9 Å². The Hall–Kier alpha value is -1.88. The standard InChI is InChI=1S/C14H19N5/c1-11-9-19(6-5-15-11)13-3-4-16-14(7-13)12-8-17-18(2)10-12/h3-4,7-8,10-11,15H,5-6,9H2,1-2H3/t11-/m1/s1. The Morgan fingerprint density at radius 1 is 1.42 bits per heavy atom. The van der Waals surface area contributed by atoms with Gasteiger partial charge in [-0.05, 0) is 19.1 Å². The van der Waals surface area contributed by atoms with E-state index in [1.165, 1.54) is 5.69 Å². The van der Waals surface area contributed by atoms with Crippen molar-refractivity contribution >= 4 is 5.69 Å². The first-order chi connectivity index (χ1) is 9.22. The van der Waals surface area contributed by atoms with Gasteiger partial charge in [-0.2, -0.15) is 5.10 Å². The molecule has 100 valence electrons. The molecule has 2 aromatic rings. The number of hydrogen-bond acceptors (Lipinski definition) is 4. The van der Waals surface area contributed by atoms with E-state index in [4.69, 9.17) is 0 Å². The third-order valence-electron chi connectivity index (χ3n) is 3.48. The lowest BCUT2D eigenvalue weighted by molar-refractivity contribution is 0.485. The molecule has 0 bridgehead atoms. The second kappa shape index (κ2) is 5.01. The number of nitrogens with zero attached hydrogens (tertiary/aromatic N) is 4. The maximum atomic E-state index is 4.44. The molecule has 1 N–H and O–H groups in total. The van der Waals surface area contributed by atoms with Crippen LogP contribution in [0.4, 0.5) is 5.69 Å². The molecule has 1 saturated heterocycles. The Kier molecular flexibility index (Phi) is 3.21. The summed E-state index contributed by atoms with van der Waals surface area (Å²) in [5.74, 6) is 0. The second-order valence-corrected chi connectivity index (χ2v) is 5.10. The maximum absolute atomic E-state index is 4.44. The molecule has 5 nitrogen and oxygen atoms in total. The van der Waals surface area contributed by atoms with E-state index in [9.17, 15) is 0 Å². The molecule has 5 heteroatoms. The lowest BCUT2D eigenvalue weighted by atomic mass is 10.1. The summed E-state index contributed by atoms with van der Waals surface area (Å²) in [6, 6.07) is 4.76. The first kappa shape index (κ1) is 12.2. The molecule has 0 aromatic carbocycles. The molecule has 0 spiro atoms. The fourth-order valence-corrected chi connectivity index (χ4v) is 2.49. The third kappa shape index (κ3) is 2.61. The number of nitrogens with one attached hydrogen (secondary N) is 1. The third-order valence-corrected chi connectivity index (χ3v) is 3.48. The molecule has 2 aromatic heterocycles. The molecular weight excluding hydrogens is 238 g/mol. The molecule has 0 unspecified atom stereocenters. The predicted octanol–water partition coefficient (Wildman–Crippen LogP) is 1.28. The van der Waals surface area contributed by atoms with Crippen molar-refractivity contribution in [1.82, 2.24) is 20.1 Å². The molecule has 0 saturated carbocycles. The quantitative estimate of drug-likeness (QED) is 0.880. The zero-order valence-electron chi connectivity index (χ0n) is 11.4. The smallest absolute Gasteiger partial charge is 0.0754 e. The highest BCUT2D eigenvalue weighted by atomic mass is 15.2. The van der Waals surface area contributed by atoms with Crippen molar-refractivity contribution in [3.8, 4) is 11.3 Å². The topological polar surface area (TPSA) is 46.0 Å². The number of aromatic nitrogens is 3. The van der Waals surface area contributed by atoms with Crippen molar-refractivity contribution in [3.63, 3.8) is 0 Å².